The Kier molecular flexibility index (Phi) is 5.07. The van der Waals surface area contributed by atoms with Gasteiger partial charge < -0.3 is 15.4 Å². The molecule has 1 rings (SSSR count). The van der Waals surface area contributed by atoms with Gasteiger partial charge in [-0.15, -0.1) is 0 Å². The summed E-state index contributed by atoms with van der Waals surface area (Å²) in [4.78, 5) is 11.6. The zero-order valence-corrected chi connectivity index (χ0v) is 10.4. The van der Waals surface area contributed by atoms with Gasteiger partial charge in [0.25, 0.3) is 0 Å². The molecule has 0 saturated carbocycles. The normalized spacial score (nSPS) is 9.35. The third kappa shape index (κ3) is 4.59. The second kappa shape index (κ2) is 6.58. The predicted octanol–water partition coefficient (Wildman–Crippen LogP) is 3.13. The lowest BCUT2D eigenvalue weighted by Crippen LogP contribution is -2.24. The Labute approximate surface area is 102 Å². The van der Waals surface area contributed by atoms with E-state index in [1.165, 1.54) is 0 Å². The van der Waals surface area contributed by atoms with E-state index in [0.29, 0.717) is 18.0 Å². The van der Waals surface area contributed by atoms with E-state index in [2.05, 4.69) is 10.6 Å². The quantitative estimate of drug-likeness (QED) is 0.840. The van der Waals surface area contributed by atoms with Crippen LogP contribution in [0.2, 0.25) is 0 Å². The molecule has 0 spiro atoms. The number of hydrogen-bond acceptors (Lipinski definition) is 2. The summed E-state index contributed by atoms with van der Waals surface area (Å²) in [6, 6.07) is 7.05. The van der Waals surface area contributed by atoms with Crippen molar-refractivity contribution >= 4 is 11.7 Å². The molecule has 0 aliphatic rings. The van der Waals surface area contributed by atoms with E-state index in [9.17, 15) is 4.79 Å². The second-order valence-corrected chi connectivity index (χ2v) is 3.75. The molecule has 2 N–H and O–H groups in total. The van der Waals surface area contributed by atoms with Gasteiger partial charge in [0.05, 0.1) is 12.3 Å². The van der Waals surface area contributed by atoms with E-state index >= 15 is 0 Å². The van der Waals surface area contributed by atoms with Gasteiger partial charge in [-0.3, -0.25) is 0 Å². The van der Waals surface area contributed by atoms with E-state index in [1.54, 1.807) is 12.3 Å². The number of carbonyl (C=O) groups excluding carboxylic acids is 1. The number of para-hydroxylation sites is 2. The molecule has 4 nitrogen and oxygen atoms in total. The molecule has 0 aliphatic carbocycles. The van der Waals surface area contributed by atoms with Crippen LogP contribution in [0.5, 0.6) is 5.75 Å². The molecule has 0 atom stereocenters. The maximum absolute atomic E-state index is 11.6. The zero-order valence-electron chi connectivity index (χ0n) is 10.4. The topological polar surface area (TPSA) is 50.4 Å². The summed E-state index contributed by atoms with van der Waals surface area (Å²) in [5.74, 6) is 0.669. The first kappa shape index (κ1) is 13.1. The van der Waals surface area contributed by atoms with Crippen molar-refractivity contribution in [1.82, 2.24) is 5.32 Å². The van der Waals surface area contributed by atoms with Crippen LogP contribution in [0, 0.1) is 0 Å². The van der Waals surface area contributed by atoms with Gasteiger partial charge in [0.15, 0.2) is 0 Å². The SMILES string of the molecule is CCOc1ccccc1NC(=O)NC=C(C)C. The van der Waals surface area contributed by atoms with Crippen LogP contribution in [-0.4, -0.2) is 12.6 Å². The first-order valence-electron chi connectivity index (χ1n) is 5.56. The Hall–Kier alpha value is -1.97. The molecule has 0 aliphatic heterocycles. The van der Waals surface area contributed by atoms with Gasteiger partial charge in [-0.25, -0.2) is 4.79 Å². The highest BCUT2D eigenvalue weighted by molar-refractivity contribution is 5.91. The molecule has 1 aromatic rings. The summed E-state index contributed by atoms with van der Waals surface area (Å²) in [7, 11) is 0. The van der Waals surface area contributed by atoms with Crippen LogP contribution in [0.4, 0.5) is 10.5 Å². The lowest BCUT2D eigenvalue weighted by Gasteiger charge is -2.10. The van der Waals surface area contributed by atoms with Crippen LogP contribution < -0.4 is 15.4 Å². The van der Waals surface area contributed by atoms with Crippen molar-refractivity contribution in [2.45, 2.75) is 20.8 Å². The van der Waals surface area contributed by atoms with Crippen LogP contribution in [0.15, 0.2) is 36.0 Å². The Morgan fingerprint density at radius 2 is 2.06 bits per heavy atom. The van der Waals surface area contributed by atoms with E-state index < -0.39 is 0 Å². The molecule has 4 heteroatoms. The maximum atomic E-state index is 11.6. The number of allylic oxidation sites excluding steroid dienone is 1. The molecule has 0 bridgehead atoms. The van der Waals surface area contributed by atoms with Gasteiger partial charge in [-0.05, 0) is 32.9 Å². The number of amides is 2. The summed E-state index contributed by atoms with van der Waals surface area (Å²) in [5.41, 5.74) is 1.69. The minimum absolute atomic E-state index is 0.279. The maximum Gasteiger partial charge on any atom is 0.323 e. The smallest absolute Gasteiger partial charge is 0.323 e. The molecular formula is C13H18N2O2. The summed E-state index contributed by atoms with van der Waals surface area (Å²) < 4.78 is 5.41. The highest BCUT2D eigenvalue weighted by Crippen LogP contribution is 2.23. The van der Waals surface area contributed by atoms with Crippen molar-refractivity contribution in [3.8, 4) is 5.75 Å². The first-order chi connectivity index (χ1) is 8.13. The Morgan fingerprint density at radius 3 is 2.71 bits per heavy atom. The molecule has 17 heavy (non-hydrogen) atoms. The largest absolute Gasteiger partial charge is 0.492 e. The van der Waals surface area contributed by atoms with E-state index in [-0.39, 0.29) is 6.03 Å². The second-order valence-electron chi connectivity index (χ2n) is 3.75. The Bertz CT molecular complexity index is 410. The summed E-state index contributed by atoms with van der Waals surface area (Å²) >= 11 is 0. The van der Waals surface area contributed by atoms with Gasteiger partial charge in [0, 0.05) is 6.20 Å². The number of hydrogen-bond donors (Lipinski definition) is 2. The van der Waals surface area contributed by atoms with Crippen molar-refractivity contribution < 1.29 is 9.53 Å². The minimum Gasteiger partial charge on any atom is -0.492 e. The number of benzene rings is 1. The highest BCUT2D eigenvalue weighted by atomic mass is 16.5. The van der Waals surface area contributed by atoms with Crippen molar-refractivity contribution in [3.63, 3.8) is 0 Å². The van der Waals surface area contributed by atoms with Gasteiger partial charge in [0.1, 0.15) is 5.75 Å². The average Bonchev–Trinajstić information content (AvgIpc) is 2.29. The van der Waals surface area contributed by atoms with Crippen LogP contribution in [0.1, 0.15) is 20.8 Å². The molecule has 92 valence electrons. The molecule has 0 saturated heterocycles. The molecule has 0 heterocycles. The van der Waals surface area contributed by atoms with Gasteiger partial charge in [0.2, 0.25) is 0 Å². The fraction of sp³-hybridized carbons (Fsp3) is 0.308. The average molecular weight is 234 g/mol. The number of nitrogens with one attached hydrogen (secondary N) is 2. The summed E-state index contributed by atoms with van der Waals surface area (Å²) in [5, 5.41) is 5.36. The molecular weight excluding hydrogens is 216 g/mol. The van der Waals surface area contributed by atoms with E-state index in [1.807, 2.05) is 39.0 Å². The minimum atomic E-state index is -0.279. The molecule has 0 fully saturated rings. The van der Waals surface area contributed by atoms with Crippen molar-refractivity contribution in [1.29, 1.82) is 0 Å². The molecule has 1 aromatic carbocycles. The number of carbonyl (C=O) groups is 1. The van der Waals surface area contributed by atoms with Crippen molar-refractivity contribution in [2.24, 2.45) is 0 Å². The molecule has 0 aromatic heterocycles. The zero-order chi connectivity index (χ0) is 12.7. The lowest BCUT2D eigenvalue weighted by atomic mass is 10.3. The number of rotatable bonds is 4. The van der Waals surface area contributed by atoms with Crippen molar-refractivity contribution in [3.05, 3.63) is 36.0 Å². The first-order valence-corrected chi connectivity index (χ1v) is 5.56. The van der Waals surface area contributed by atoms with E-state index in [4.69, 9.17) is 4.74 Å². The third-order valence-corrected chi connectivity index (χ3v) is 1.93. The Balaban J connectivity index is 2.67. The fourth-order valence-electron chi connectivity index (χ4n) is 1.22. The molecule has 2 amide bonds. The molecule has 0 unspecified atom stereocenters. The highest BCUT2D eigenvalue weighted by Gasteiger charge is 2.05. The fourth-order valence-corrected chi connectivity index (χ4v) is 1.22. The standard InChI is InChI=1S/C13H18N2O2/c1-4-17-12-8-6-5-7-11(12)15-13(16)14-9-10(2)3/h5-9H,4H2,1-3H3,(H2,14,15,16). The van der Waals surface area contributed by atoms with Gasteiger partial charge in [-0.1, -0.05) is 17.7 Å². The van der Waals surface area contributed by atoms with Crippen LogP contribution in [0.3, 0.4) is 0 Å². The lowest BCUT2D eigenvalue weighted by molar-refractivity contribution is 0.254. The van der Waals surface area contributed by atoms with Gasteiger partial charge >= 0.3 is 6.03 Å². The van der Waals surface area contributed by atoms with Crippen molar-refractivity contribution in [2.75, 3.05) is 11.9 Å². The summed E-state index contributed by atoms with van der Waals surface area (Å²) in [6.45, 7) is 6.29. The van der Waals surface area contributed by atoms with E-state index in [0.717, 1.165) is 5.57 Å². The number of urea groups is 1. The summed E-state index contributed by atoms with van der Waals surface area (Å²) in [6.07, 6.45) is 1.65. The third-order valence-electron chi connectivity index (χ3n) is 1.93. The Morgan fingerprint density at radius 1 is 1.35 bits per heavy atom. The van der Waals surface area contributed by atoms with Crippen LogP contribution >= 0.6 is 0 Å². The molecule has 0 radical (unpaired) electrons. The number of anilines is 1. The number of ether oxygens (including phenoxy) is 1. The van der Waals surface area contributed by atoms with Crippen LogP contribution in [-0.2, 0) is 0 Å². The van der Waals surface area contributed by atoms with Gasteiger partial charge in [-0.2, -0.15) is 0 Å². The van der Waals surface area contributed by atoms with Crippen LogP contribution in [0.25, 0.3) is 0 Å². The predicted molar refractivity (Wildman–Crippen MR) is 69.2 cm³/mol. The monoisotopic (exact) mass is 234 g/mol.